The van der Waals surface area contributed by atoms with Crippen LogP contribution in [0.1, 0.15) is 27.0 Å². The maximum atomic E-state index is 12.3. The molecule has 0 aliphatic carbocycles. The van der Waals surface area contributed by atoms with E-state index in [-0.39, 0.29) is 17.2 Å². The molecule has 0 unspecified atom stereocenters. The zero-order valence-corrected chi connectivity index (χ0v) is 17.1. The third-order valence-electron chi connectivity index (χ3n) is 4.26. The second kappa shape index (κ2) is 9.95. The predicted octanol–water partition coefficient (Wildman–Crippen LogP) is 5.00. The number of benzene rings is 3. The van der Waals surface area contributed by atoms with Crippen LogP contribution in [0, 0.1) is 10.1 Å². The van der Waals surface area contributed by atoms with E-state index in [0.29, 0.717) is 24.2 Å². The highest BCUT2D eigenvalue weighted by Gasteiger charge is 2.15. The summed E-state index contributed by atoms with van der Waals surface area (Å²) < 4.78 is 6.05. The van der Waals surface area contributed by atoms with Crippen LogP contribution in [0.3, 0.4) is 0 Å². The molecule has 0 spiro atoms. The number of ether oxygens (including phenoxy) is 1. The average Bonchev–Trinajstić information content (AvgIpc) is 2.74. The van der Waals surface area contributed by atoms with Crippen molar-refractivity contribution in [3.05, 3.63) is 110 Å². The van der Waals surface area contributed by atoms with Crippen molar-refractivity contribution < 1.29 is 14.5 Å². The molecule has 0 heterocycles. The Morgan fingerprint density at radius 1 is 0.931 bits per heavy atom. The van der Waals surface area contributed by atoms with E-state index in [4.69, 9.17) is 4.74 Å². The molecule has 0 radical (unpaired) electrons. The molecule has 3 rings (SSSR count). The number of nitrogens with one attached hydrogen (secondary N) is 1. The van der Waals surface area contributed by atoms with E-state index in [2.05, 4.69) is 21.2 Å². The molecule has 0 aliphatic rings. The van der Waals surface area contributed by atoms with Gasteiger partial charge in [0.25, 0.3) is 11.6 Å². The summed E-state index contributed by atoms with van der Waals surface area (Å²) in [4.78, 5) is 22.7. The second-order valence-corrected chi connectivity index (χ2v) is 7.26. The maximum absolute atomic E-state index is 12.3. The number of nitro groups is 1. The molecule has 0 bridgehead atoms. The van der Waals surface area contributed by atoms with E-state index in [1.807, 2.05) is 54.6 Å². The molecule has 0 aliphatic heterocycles. The fourth-order valence-corrected chi connectivity index (χ4v) is 3.08. The van der Waals surface area contributed by atoms with Crippen molar-refractivity contribution in [3.63, 3.8) is 0 Å². The number of carbonyl (C=O) groups is 1. The van der Waals surface area contributed by atoms with E-state index >= 15 is 0 Å². The third-order valence-corrected chi connectivity index (χ3v) is 4.93. The normalized spacial score (nSPS) is 10.5. The van der Waals surface area contributed by atoms with E-state index in [1.54, 1.807) is 6.07 Å². The van der Waals surface area contributed by atoms with Crippen molar-refractivity contribution >= 4 is 27.5 Å². The first-order valence-electron chi connectivity index (χ1n) is 8.94. The second-order valence-electron chi connectivity index (χ2n) is 6.40. The molecular formula is C22H19BrN2O4. The molecule has 0 fully saturated rings. The summed E-state index contributed by atoms with van der Waals surface area (Å²) in [6.07, 6.45) is 0. The topological polar surface area (TPSA) is 81.5 Å². The van der Waals surface area contributed by atoms with Gasteiger partial charge in [-0.1, -0.05) is 54.6 Å². The van der Waals surface area contributed by atoms with Crippen LogP contribution in [0.25, 0.3) is 0 Å². The number of hydrogen-bond donors (Lipinski definition) is 1. The number of hydrogen-bond acceptors (Lipinski definition) is 4. The standard InChI is InChI=1S/C22H19BrN2O4/c23-20-11-10-19(12-21(20)25(27)28)22(26)24-13-16-6-8-18(9-7-16)15-29-14-17-4-2-1-3-5-17/h1-12H,13-15H2,(H,24,26). The van der Waals surface area contributed by atoms with E-state index in [9.17, 15) is 14.9 Å². The van der Waals surface area contributed by atoms with Crippen LogP contribution in [0.5, 0.6) is 0 Å². The Balaban J connectivity index is 1.50. The monoisotopic (exact) mass is 454 g/mol. The lowest BCUT2D eigenvalue weighted by Gasteiger charge is -2.08. The van der Waals surface area contributed by atoms with Gasteiger partial charge in [0, 0.05) is 18.2 Å². The van der Waals surface area contributed by atoms with Crippen LogP contribution < -0.4 is 5.32 Å². The highest BCUT2D eigenvalue weighted by molar-refractivity contribution is 9.10. The zero-order valence-electron chi connectivity index (χ0n) is 15.5. The molecule has 0 aromatic heterocycles. The van der Waals surface area contributed by atoms with Gasteiger partial charge in [0.2, 0.25) is 0 Å². The quantitative estimate of drug-likeness (QED) is 0.383. The molecule has 148 valence electrons. The Hall–Kier alpha value is -3.03. The number of amides is 1. The molecular weight excluding hydrogens is 436 g/mol. The van der Waals surface area contributed by atoms with Crippen molar-refractivity contribution in [1.82, 2.24) is 5.32 Å². The molecule has 1 amide bonds. The summed E-state index contributed by atoms with van der Waals surface area (Å²) in [6, 6.07) is 22.0. The van der Waals surface area contributed by atoms with Crippen molar-refractivity contribution in [2.45, 2.75) is 19.8 Å². The summed E-state index contributed by atoms with van der Waals surface area (Å²) in [5.41, 5.74) is 3.19. The fourth-order valence-electron chi connectivity index (χ4n) is 2.69. The van der Waals surface area contributed by atoms with Gasteiger partial charge in [-0.3, -0.25) is 14.9 Å². The first-order chi connectivity index (χ1) is 14.0. The van der Waals surface area contributed by atoms with E-state index < -0.39 is 4.92 Å². The van der Waals surface area contributed by atoms with E-state index in [1.165, 1.54) is 12.1 Å². The molecule has 29 heavy (non-hydrogen) atoms. The molecule has 6 nitrogen and oxygen atoms in total. The van der Waals surface area contributed by atoms with Crippen LogP contribution >= 0.6 is 15.9 Å². The number of carbonyl (C=O) groups excluding carboxylic acids is 1. The molecule has 0 saturated heterocycles. The van der Waals surface area contributed by atoms with Crippen LogP contribution in [-0.2, 0) is 24.5 Å². The molecule has 0 saturated carbocycles. The highest BCUT2D eigenvalue weighted by Crippen LogP contribution is 2.25. The minimum atomic E-state index is -0.528. The van der Waals surface area contributed by atoms with Crippen molar-refractivity contribution in [1.29, 1.82) is 0 Å². The van der Waals surface area contributed by atoms with Crippen LogP contribution in [0.2, 0.25) is 0 Å². The Bertz CT molecular complexity index is 991. The minimum absolute atomic E-state index is 0.141. The first-order valence-corrected chi connectivity index (χ1v) is 9.74. The Morgan fingerprint density at radius 3 is 2.21 bits per heavy atom. The molecule has 7 heteroatoms. The van der Waals surface area contributed by atoms with Crippen LogP contribution in [0.4, 0.5) is 5.69 Å². The van der Waals surface area contributed by atoms with Gasteiger partial charge in [0.1, 0.15) is 0 Å². The molecule has 1 N–H and O–H groups in total. The third kappa shape index (κ3) is 5.97. The number of halogens is 1. The maximum Gasteiger partial charge on any atom is 0.284 e. The van der Waals surface area contributed by atoms with Crippen molar-refractivity contribution in [2.75, 3.05) is 0 Å². The summed E-state index contributed by atoms with van der Waals surface area (Å²) in [6.45, 7) is 1.38. The van der Waals surface area contributed by atoms with Gasteiger partial charge in [-0.15, -0.1) is 0 Å². The number of nitrogens with zero attached hydrogens (tertiary/aromatic N) is 1. The lowest BCUT2D eigenvalue weighted by Crippen LogP contribution is -2.22. The average molecular weight is 455 g/mol. The van der Waals surface area contributed by atoms with E-state index in [0.717, 1.165) is 16.7 Å². The molecule has 0 atom stereocenters. The van der Waals surface area contributed by atoms with Crippen LogP contribution in [-0.4, -0.2) is 10.8 Å². The Labute approximate surface area is 176 Å². The SMILES string of the molecule is O=C(NCc1ccc(COCc2ccccc2)cc1)c1ccc(Br)c([N+](=O)[O-])c1. The summed E-state index contributed by atoms with van der Waals surface area (Å²) in [5, 5.41) is 13.8. The summed E-state index contributed by atoms with van der Waals surface area (Å²) in [5.74, 6) is -0.365. The van der Waals surface area contributed by atoms with Gasteiger partial charge in [-0.25, -0.2) is 0 Å². The summed E-state index contributed by atoms with van der Waals surface area (Å²) >= 11 is 3.11. The zero-order chi connectivity index (χ0) is 20.6. The smallest absolute Gasteiger partial charge is 0.284 e. The van der Waals surface area contributed by atoms with Gasteiger partial charge >= 0.3 is 0 Å². The van der Waals surface area contributed by atoms with Crippen molar-refractivity contribution in [2.24, 2.45) is 0 Å². The lowest BCUT2D eigenvalue weighted by atomic mass is 10.1. The molecule has 3 aromatic rings. The fraction of sp³-hybridized carbons (Fsp3) is 0.136. The van der Waals surface area contributed by atoms with Crippen molar-refractivity contribution in [3.8, 4) is 0 Å². The van der Waals surface area contributed by atoms with Gasteiger partial charge in [0.05, 0.1) is 22.6 Å². The Kier molecular flexibility index (Phi) is 7.10. The largest absolute Gasteiger partial charge is 0.372 e. The number of nitro benzene ring substituents is 1. The molecule has 3 aromatic carbocycles. The highest BCUT2D eigenvalue weighted by atomic mass is 79.9. The van der Waals surface area contributed by atoms with Gasteiger partial charge in [-0.05, 0) is 44.8 Å². The minimum Gasteiger partial charge on any atom is -0.372 e. The van der Waals surface area contributed by atoms with Gasteiger partial charge < -0.3 is 10.1 Å². The predicted molar refractivity (Wildman–Crippen MR) is 113 cm³/mol. The first kappa shape index (κ1) is 20.7. The Morgan fingerprint density at radius 2 is 1.55 bits per heavy atom. The number of rotatable bonds is 8. The lowest BCUT2D eigenvalue weighted by molar-refractivity contribution is -0.385. The van der Waals surface area contributed by atoms with Gasteiger partial charge in [-0.2, -0.15) is 0 Å². The summed E-state index contributed by atoms with van der Waals surface area (Å²) in [7, 11) is 0. The van der Waals surface area contributed by atoms with Crippen LogP contribution in [0.15, 0.2) is 77.3 Å². The van der Waals surface area contributed by atoms with Gasteiger partial charge in [0.15, 0.2) is 0 Å².